The average Bonchev–Trinajstić information content (AvgIpc) is 3.07. The van der Waals surface area contributed by atoms with Crippen LogP contribution in [0.1, 0.15) is 24.0 Å². The van der Waals surface area contributed by atoms with E-state index in [-0.39, 0.29) is 11.3 Å². The van der Waals surface area contributed by atoms with Crippen LogP contribution in [0.5, 0.6) is 0 Å². The minimum Gasteiger partial charge on any atom is -0.367 e. The fourth-order valence-corrected chi connectivity index (χ4v) is 2.62. The summed E-state index contributed by atoms with van der Waals surface area (Å²) >= 11 is 3.42. The number of hydrogen-bond donors (Lipinski definition) is 2. The summed E-state index contributed by atoms with van der Waals surface area (Å²) in [5.74, 6) is 0.135. The third kappa shape index (κ3) is 2.45. The van der Waals surface area contributed by atoms with Gasteiger partial charge in [0.15, 0.2) is 0 Å². The molecule has 3 rings (SSSR count). The molecule has 1 heterocycles. The van der Waals surface area contributed by atoms with Gasteiger partial charge in [0.25, 0.3) is 0 Å². The Morgan fingerprint density at radius 2 is 2.00 bits per heavy atom. The van der Waals surface area contributed by atoms with Gasteiger partial charge in [0, 0.05) is 23.4 Å². The molecule has 0 atom stereocenters. The van der Waals surface area contributed by atoms with Gasteiger partial charge in [0.1, 0.15) is 0 Å². The predicted octanol–water partition coefficient (Wildman–Crippen LogP) is 3.13. The molecule has 0 radical (unpaired) electrons. The molecular formula is C15H15BrN2O. The molecule has 1 aromatic heterocycles. The van der Waals surface area contributed by atoms with Crippen molar-refractivity contribution in [2.24, 2.45) is 0 Å². The van der Waals surface area contributed by atoms with Crippen LogP contribution in [0.4, 0.5) is 0 Å². The Morgan fingerprint density at radius 3 is 2.58 bits per heavy atom. The molecule has 1 aliphatic rings. The molecule has 1 aromatic carbocycles. The average molecular weight is 319 g/mol. The molecule has 4 heteroatoms. The first-order chi connectivity index (χ1) is 9.21. The van der Waals surface area contributed by atoms with Crippen molar-refractivity contribution in [1.82, 2.24) is 10.3 Å². The number of benzene rings is 1. The van der Waals surface area contributed by atoms with Crippen LogP contribution >= 0.6 is 15.9 Å². The van der Waals surface area contributed by atoms with Gasteiger partial charge in [-0.15, -0.1) is 0 Å². The lowest BCUT2D eigenvalue weighted by Gasteiger charge is -2.15. The van der Waals surface area contributed by atoms with E-state index in [1.165, 1.54) is 0 Å². The second kappa shape index (κ2) is 4.85. The summed E-state index contributed by atoms with van der Waals surface area (Å²) in [6, 6.07) is 10.0. The summed E-state index contributed by atoms with van der Waals surface area (Å²) in [4.78, 5) is 15.4. The van der Waals surface area contributed by atoms with E-state index in [4.69, 9.17) is 0 Å². The van der Waals surface area contributed by atoms with E-state index in [0.717, 1.165) is 28.4 Å². The molecule has 1 aliphatic carbocycles. The number of carbonyl (C=O) groups is 1. The van der Waals surface area contributed by atoms with E-state index in [0.29, 0.717) is 6.54 Å². The topological polar surface area (TPSA) is 44.9 Å². The third-order valence-electron chi connectivity index (χ3n) is 3.70. The quantitative estimate of drug-likeness (QED) is 0.893. The van der Waals surface area contributed by atoms with Gasteiger partial charge in [-0.1, -0.05) is 28.1 Å². The highest BCUT2D eigenvalue weighted by molar-refractivity contribution is 9.10. The Bertz CT molecular complexity index is 571. The SMILES string of the molecule is O=C(NCc1cc[nH]c1)C1(c2ccc(Br)cc2)CC1. The van der Waals surface area contributed by atoms with E-state index < -0.39 is 0 Å². The number of nitrogens with one attached hydrogen (secondary N) is 2. The summed E-state index contributed by atoms with van der Waals surface area (Å²) in [5.41, 5.74) is 1.92. The van der Waals surface area contributed by atoms with Crippen LogP contribution in [0, 0.1) is 0 Å². The molecule has 0 aliphatic heterocycles. The summed E-state index contributed by atoms with van der Waals surface area (Å²) in [7, 11) is 0. The summed E-state index contributed by atoms with van der Waals surface area (Å²) in [6.45, 7) is 0.584. The Hall–Kier alpha value is -1.55. The molecule has 1 fully saturated rings. The lowest BCUT2D eigenvalue weighted by Crippen LogP contribution is -2.34. The molecule has 98 valence electrons. The van der Waals surface area contributed by atoms with Gasteiger partial charge in [-0.2, -0.15) is 0 Å². The number of rotatable bonds is 4. The molecule has 3 nitrogen and oxygen atoms in total. The van der Waals surface area contributed by atoms with E-state index in [1.807, 2.05) is 42.7 Å². The van der Waals surface area contributed by atoms with Crippen LogP contribution in [0.15, 0.2) is 47.2 Å². The largest absolute Gasteiger partial charge is 0.367 e. The van der Waals surface area contributed by atoms with Crippen molar-refractivity contribution in [2.75, 3.05) is 0 Å². The predicted molar refractivity (Wildman–Crippen MR) is 77.7 cm³/mol. The molecule has 19 heavy (non-hydrogen) atoms. The minimum absolute atomic E-state index is 0.135. The van der Waals surface area contributed by atoms with E-state index >= 15 is 0 Å². The normalized spacial score (nSPS) is 16.1. The molecule has 1 amide bonds. The van der Waals surface area contributed by atoms with Gasteiger partial charge in [0.05, 0.1) is 5.41 Å². The van der Waals surface area contributed by atoms with Crippen LogP contribution in [-0.4, -0.2) is 10.9 Å². The van der Waals surface area contributed by atoms with Crippen molar-refractivity contribution in [3.05, 3.63) is 58.3 Å². The maximum Gasteiger partial charge on any atom is 0.230 e. The van der Waals surface area contributed by atoms with E-state index in [2.05, 4.69) is 26.2 Å². The monoisotopic (exact) mass is 318 g/mol. The van der Waals surface area contributed by atoms with Gasteiger partial charge in [0.2, 0.25) is 5.91 Å². The first-order valence-corrected chi connectivity index (χ1v) is 7.16. The first-order valence-electron chi connectivity index (χ1n) is 6.37. The molecule has 1 saturated carbocycles. The van der Waals surface area contributed by atoms with Crippen LogP contribution in [0.3, 0.4) is 0 Å². The smallest absolute Gasteiger partial charge is 0.230 e. The van der Waals surface area contributed by atoms with Crippen LogP contribution in [0.2, 0.25) is 0 Å². The third-order valence-corrected chi connectivity index (χ3v) is 4.23. The van der Waals surface area contributed by atoms with Gasteiger partial charge in [-0.05, 0) is 42.2 Å². The zero-order valence-corrected chi connectivity index (χ0v) is 12.0. The summed E-state index contributed by atoms with van der Waals surface area (Å²) < 4.78 is 1.04. The second-order valence-electron chi connectivity index (χ2n) is 4.99. The van der Waals surface area contributed by atoms with Gasteiger partial charge in [-0.3, -0.25) is 4.79 Å². The van der Waals surface area contributed by atoms with Crippen molar-refractivity contribution in [3.63, 3.8) is 0 Å². The zero-order valence-electron chi connectivity index (χ0n) is 10.4. The minimum atomic E-state index is -0.295. The number of halogens is 1. The Labute approximate surface area is 120 Å². The maximum absolute atomic E-state index is 12.4. The number of H-pyrrole nitrogens is 1. The van der Waals surface area contributed by atoms with Crippen LogP contribution in [0.25, 0.3) is 0 Å². The Kier molecular flexibility index (Phi) is 3.19. The number of aromatic nitrogens is 1. The fraction of sp³-hybridized carbons (Fsp3) is 0.267. The van der Waals surface area contributed by atoms with Crippen LogP contribution < -0.4 is 5.32 Å². The number of hydrogen-bond acceptors (Lipinski definition) is 1. The van der Waals surface area contributed by atoms with Crippen molar-refractivity contribution >= 4 is 21.8 Å². The molecule has 0 unspecified atom stereocenters. The zero-order chi connectivity index (χ0) is 13.3. The maximum atomic E-state index is 12.4. The highest BCUT2D eigenvalue weighted by Gasteiger charge is 2.50. The van der Waals surface area contributed by atoms with Crippen molar-refractivity contribution in [2.45, 2.75) is 24.8 Å². The Balaban J connectivity index is 1.70. The molecule has 2 aromatic rings. The van der Waals surface area contributed by atoms with Crippen molar-refractivity contribution < 1.29 is 4.79 Å². The standard InChI is InChI=1S/C15H15BrN2O/c16-13-3-1-12(2-4-13)15(6-7-15)14(19)18-10-11-5-8-17-9-11/h1-5,8-9,17H,6-7,10H2,(H,18,19). The highest BCUT2D eigenvalue weighted by atomic mass is 79.9. The lowest BCUT2D eigenvalue weighted by atomic mass is 9.95. The fourth-order valence-electron chi connectivity index (χ4n) is 2.36. The van der Waals surface area contributed by atoms with E-state index in [1.54, 1.807) is 0 Å². The molecule has 0 bridgehead atoms. The molecule has 0 saturated heterocycles. The summed E-state index contributed by atoms with van der Waals surface area (Å²) in [5, 5.41) is 3.03. The van der Waals surface area contributed by atoms with E-state index in [9.17, 15) is 4.79 Å². The summed E-state index contributed by atoms with van der Waals surface area (Å²) in [6.07, 6.45) is 5.64. The van der Waals surface area contributed by atoms with Gasteiger partial charge >= 0.3 is 0 Å². The second-order valence-corrected chi connectivity index (χ2v) is 5.91. The lowest BCUT2D eigenvalue weighted by molar-refractivity contribution is -0.123. The van der Waals surface area contributed by atoms with Gasteiger partial charge < -0.3 is 10.3 Å². The molecule has 0 spiro atoms. The van der Waals surface area contributed by atoms with Crippen molar-refractivity contribution in [1.29, 1.82) is 0 Å². The van der Waals surface area contributed by atoms with Crippen LogP contribution in [-0.2, 0) is 16.8 Å². The number of carbonyl (C=O) groups excluding carboxylic acids is 1. The van der Waals surface area contributed by atoms with Gasteiger partial charge in [-0.25, -0.2) is 0 Å². The Morgan fingerprint density at radius 1 is 1.26 bits per heavy atom. The molecule has 2 N–H and O–H groups in total. The highest BCUT2D eigenvalue weighted by Crippen LogP contribution is 2.48. The van der Waals surface area contributed by atoms with Crippen molar-refractivity contribution in [3.8, 4) is 0 Å². The number of aromatic amines is 1. The first kappa shape index (κ1) is 12.5. The number of amides is 1. The molecular weight excluding hydrogens is 304 g/mol.